The van der Waals surface area contributed by atoms with Crippen LogP contribution in [0, 0.1) is 50.7 Å². The number of carbonyl (C=O) groups excluding carboxylic acids is 2. The largest absolute Gasteiger partial charge is 0.460 e. The monoisotopic (exact) mass is 752 g/mol. The Hall–Kier alpha value is -2.20. The lowest BCUT2D eigenvalue weighted by molar-refractivity contribution is -0.221. The molecule has 302 valence electrons. The summed E-state index contributed by atoms with van der Waals surface area (Å²) in [4.78, 5) is 27.7. The minimum absolute atomic E-state index is 0.0325. The lowest BCUT2D eigenvalue weighted by Gasteiger charge is -2.65. The molecule has 13 atom stereocenters. The average Bonchev–Trinajstić information content (AvgIpc) is 3.41. The summed E-state index contributed by atoms with van der Waals surface area (Å²) >= 11 is 0. The molecule has 0 bridgehead atoms. The molecule has 54 heavy (non-hydrogen) atoms. The predicted octanol–water partition coefficient (Wildman–Crippen LogP) is 7.37. The van der Waals surface area contributed by atoms with E-state index in [9.17, 15) is 24.9 Å². The van der Waals surface area contributed by atoms with Gasteiger partial charge >= 0.3 is 12.1 Å². The van der Waals surface area contributed by atoms with Crippen LogP contribution in [0.5, 0.6) is 0 Å². The van der Waals surface area contributed by atoms with Gasteiger partial charge in [0.2, 0.25) is 0 Å². The van der Waals surface area contributed by atoms with Crippen molar-refractivity contribution >= 4 is 12.1 Å². The number of hydrogen-bond donors (Lipinski definition) is 4. The first-order chi connectivity index (χ1) is 25.0. The molecule has 13 unspecified atom stereocenters. The molecule has 1 aliphatic heterocycles. The standard InChI is InChI=1S/C45H69NO8/c1-38(2,3)54-37(50)46-29(22-27-14-12-11-13-15-27)36(49)52-30-23-31-42(9)24-28(25-47)34(43(10)18-17-33(53-43)40(6,7)51)41(42,8)20-21-44(31)26-45(44)19-16-32(48)39(4,5)35(30)45/h11-15,28-35,47-48,51H,16-26H2,1-10H3,(H,46,50). The van der Waals surface area contributed by atoms with Gasteiger partial charge in [-0.25, -0.2) is 9.59 Å². The van der Waals surface area contributed by atoms with Gasteiger partial charge in [-0.2, -0.15) is 0 Å². The van der Waals surface area contributed by atoms with Gasteiger partial charge in [-0.15, -0.1) is 0 Å². The van der Waals surface area contributed by atoms with Crippen LogP contribution in [0.2, 0.25) is 0 Å². The first-order valence-corrected chi connectivity index (χ1v) is 20.9. The third kappa shape index (κ3) is 6.07. The number of nitrogens with one attached hydrogen (secondary N) is 1. The van der Waals surface area contributed by atoms with E-state index >= 15 is 0 Å². The van der Waals surface area contributed by atoms with E-state index in [2.05, 4.69) is 39.9 Å². The maximum absolute atomic E-state index is 14.6. The van der Waals surface area contributed by atoms with Gasteiger partial charge in [0.1, 0.15) is 17.7 Å². The van der Waals surface area contributed by atoms with E-state index < -0.39 is 52.5 Å². The van der Waals surface area contributed by atoms with Gasteiger partial charge in [0.25, 0.3) is 0 Å². The van der Waals surface area contributed by atoms with Crippen LogP contribution in [-0.2, 0) is 25.4 Å². The fourth-order valence-corrected chi connectivity index (χ4v) is 14.4. The summed E-state index contributed by atoms with van der Waals surface area (Å²) in [5.41, 5.74) is -2.03. The van der Waals surface area contributed by atoms with Crippen molar-refractivity contribution in [2.24, 2.45) is 50.7 Å². The zero-order chi connectivity index (χ0) is 39.5. The quantitative estimate of drug-likeness (QED) is 0.203. The molecule has 6 fully saturated rings. The molecule has 4 N–H and O–H groups in total. The molecule has 1 heterocycles. The molecule has 5 saturated carbocycles. The maximum atomic E-state index is 14.6. The van der Waals surface area contributed by atoms with Crippen LogP contribution in [0.25, 0.3) is 0 Å². The van der Waals surface area contributed by atoms with Gasteiger partial charge in [-0.1, -0.05) is 58.0 Å². The van der Waals surface area contributed by atoms with Crippen LogP contribution in [-0.4, -0.2) is 75.1 Å². The molecule has 1 aromatic rings. The highest BCUT2D eigenvalue weighted by Gasteiger charge is 2.85. The number of carbonyl (C=O) groups is 2. The van der Waals surface area contributed by atoms with Crippen LogP contribution >= 0.6 is 0 Å². The zero-order valence-electron chi connectivity index (χ0n) is 34.7. The molecular weight excluding hydrogens is 682 g/mol. The van der Waals surface area contributed by atoms with E-state index in [0.29, 0.717) is 6.42 Å². The number of rotatable bonds is 8. The van der Waals surface area contributed by atoms with E-state index in [-0.39, 0.29) is 64.5 Å². The molecule has 9 heteroatoms. The second-order valence-corrected chi connectivity index (χ2v) is 21.6. The molecule has 9 nitrogen and oxygen atoms in total. The normalized spacial score (nSPS) is 44.2. The Kier molecular flexibility index (Phi) is 9.56. The fourth-order valence-electron chi connectivity index (χ4n) is 14.4. The summed E-state index contributed by atoms with van der Waals surface area (Å²) in [6, 6.07) is 8.71. The molecule has 6 aliphatic rings. The number of aliphatic hydroxyl groups is 3. The Labute approximate surface area is 323 Å². The molecule has 2 spiro atoms. The van der Waals surface area contributed by atoms with Crippen molar-refractivity contribution < 1.29 is 39.1 Å². The highest BCUT2D eigenvalue weighted by Crippen LogP contribution is 2.89. The molecule has 0 aromatic heterocycles. The van der Waals surface area contributed by atoms with E-state index in [1.807, 2.05) is 44.2 Å². The average molecular weight is 752 g/mol. The van der Waals surface area contributed by atoms with E-state index in [1.54, 1.807) is 20.8 Å². The maximum Gasteiger partial charge on any atom is 0.408 e. The van der Waals surface area contributed by atoms with Gasteiger partial charge < -0.3 is 34.8 Å². The molecule has 5 aliphatic carbocycles. The van der Waals surface area contributed by atoms with Crippen molar-refractivity contribution in [3.8, 4) is 0 Å². The van der Waals surface area contributed by atoms with E-state index in [1.165, 1.54) is 0 Å². The lowest BCUT2D eigenvalue weighted by Crippen LogP contribution is -2.63. The highest BCUT2D eigenvalue weighted by atomic mass is 16.6. The van der Waals surface area contributed by atoms with Crippen molar-refractivity contribution in [3.63, 3.8) is 0 Å². The lowest BCUT2D eigenvalue weighted by atomic mass is 9.41. The number of fused-ring (bicyclic) bond motifs is 2. The Morgan fingerprint density at radius 3 is 2.22 bits per heavy atom. The first-order valence-electron chi connectivity index (χ1n) is 20.9. The van der Waals surface area contributed by atoms with Crippen LogP contribution in [0.1, 0.15) is 133 Å². The second-order valence-electron chi connectivity index (χ2n) is 21.6. The third-order valence-corrected chi connectivity index (χ3v) is 16.7. The summed E-state index contributed by atoms with van der Waals surface area (Å²) in [5.74, 6) is -0.109. The Morgan fingerprint density at radius 2 is 1.61 bits per heavy atom. The summed E-state index contributed by atoms with van der Waals surface area (Å²) in [6.07, 6.45) is 6.38. The molecular formula is C45H69NO8. The number of esters is 1. The topological polar surface area (TPSA) is 135 Å². The number of hydrogen-bond acceptors (Lipinski definition) is 8. The highest BCUT2D eigenvalue weighted by molar-refractivity contribution is 5.82. The molecule has 1 aromatic carbocycles. The molecule has 1 amide bonds. The van der Waals surface area contributed by atoms with Gasteiger partial charge in [-0.05, 0) is 150 Å². The summed E-state index contributed by atoms with van der Waals surface area (Å²) in [6.45, 7) is 20.6. The Bertz CT molecular complexity index is 1600. The van der Waals surface area contributed by atoms with Crippen molar-refractivity contribution in [2.45, 2.75) is 175 Å². The molecule has 1 saturated heterocycles. The summed E-state index contributed by atoms with van der Waals surface area (Å²) in [7, 11) is 0. The number of alkyl carbamates (subject to hydrolysis) is 1. The van der Waals surface area contributed by atoms with Crippen LogP contribution in [0.4, 0.5) is 4.79 Å². The van der Waals surface area contributed by atoms with Crippen molar-refractivity contribution in [1.29, 1.82) is 0 Å². The second kappa shape index (κ2) is 12.9. The number of benzene rings is 1. The number of ether oxygens (including phenoxy) is 3. The number of aliphatic hydroxyl groups excluding tert-OH is 2. The third-order valence-electron chi connectivity index (χ3n) is 16.7. The van der Waals surface area contributed by atoms with Gasteiger partial charge in [0, 0.05) is 18.9 Å². The summed E-state index contributed by atoms with van der Waals surface area (Å²) < 4.78 is 19.3. The van der Waals surface area contributed by atoms with Gasteiger partial charge in [-0.3, -0.25) is 0 Å². The van der Waals surface area contributed by atoms with Crippen LogP contribution < -0.4 is 5.32 Å². The van der Waals surface area contributed by atoms with Gasteiger partial charge in [0.15, 0.2) is 0 Å². The Morgan fingerprint density at radius 1 is 0.926 bits per heavy atom. The van der Waals surface area contributed by atoms with Crippen LogP contribution in [0.3, 0.4) is 0 Å². The summed E-state index contributed by atoms with van der Waals surface area (Å²) in [5, 5.41) is 36.5. The molecule has 7 rings (SSSR count). The van der Waals surface area contributed by atoms with Crippen molar-refractivity contribution in [1.82, 2.24) is 5.32 Å². The van der Waals surface area contributed by atoms with E-state index in [0.717, 1.165) is 56.9 Å². The SMILES string of the molecule is CC(C)(C)OC(=O)NC(Cc1ccccc1)C(=O)OC1CC2C3(C)CC(CO)C(C4(C)CCC(C(C)(C)O)O4)C3(C)CCC23CC32CCC(O)C(C)(C)C12. The van der Waals surface area contributed by atoms with E-state index in [4.69, 9.17) is 14.2 Å². The Balaban J connectivity index is 1.24. The van der Waals surface area contributed by atoms with Crippen molar-refractivity contribution in [3.05, 3.63) is 35.9 Å². The first kappa shape index (κ1) is 40.0. The minimum atomic E-state index is -0.953. The predicted molar refractivity (Wildman–Crippen MR) is 206 cm³/mol. The van der Waals surface area contributed by atoms with Crippen LogP contribution in [0.15, 0.2) is 30.3 Å². The fraction of sp³-hybridized carbons (Fsp3) is 0.822. The molecule has 0 radical (unpaired) electrons. The van der Waals surface area contributed by atoms with Crippen molar-refractivity contribution in [2.75, 3.05) is 6.61 Å². The zero-order valence-corrected chi connectivity index (χ0v) is 34.7. The number of amides is 1. The minimum Gasteiger partial charge on any atom is -0.460 e. The van der Waals surface area contributed by atoms with Gasteiger partial charge in [0.05, 0.1) is 23.4 Å². The smallest absolute Gasteiger partial charge is 0.408 e.